The molecule has 1 aliphatic rings. The molecule has 0 fully saturated rings. The van der Waals surface area contributed by atoms with Gasteiger partial charge in [-0.25, -0.2) is 4.68 Å². The van der Waals surface area contributed by atoms with Crippen LogP contribution >= 0.6 is 11.6 Å². The van der Waals surface area contributed by atoms with Gasteiger partial charge in [-0.15, -0.1) is 10.2 Å². The normalized spacial score (nSPS) is 15.4. The van der Waals surface area contributed by atoms with Gasteiger partial charge in [-0.3, -0.25) is 15.5 Å². The predicted molar refractivity (Wildman–Crippen MR) is 85.5 cm³/mol. The van der Waals surface area contributed by atoms with Crippen molar-refractivity contribution < 1.29 is 4.92 Å². The van der Waals surface area contributed by atoms with Crippen molar-refractivity contribution in [2.45, 2.75) is 5.50 Å². The second-order valence-electron chi connectivity index (χ2n) is 5.07. The summed E-state index contributed by atoms with van der Waals surface area (Å²) in [5.41, 5.74) is 5.30. The van der Waals surface area contributed by atoms with Crippen LogP contribution in [0.1, 0.15) is 11.1 Å². The molecule has 2 heterocycles. The number of aromatic nitrogens is 3. The second-order valence-corrected chi connectivity index (χ2v) is 5.50. The summed E-state index contributed by atoms with van der Waals surface area (Å²) >= 11 is 6.38. The summed E-state index contributed by atoms with van der Waals surface area (Å²) in [6.07, 6.45) is 0. The Balaban J connectivity index is 1.83. The van der Waals surface area contributed by atoms with Crippen molar-refractivity contribution in [1.29, 1.82) is 0 Å². The van der Waals surface area contributed by atoms with Gasteiger partial charge < -0.3 is 0 Å². The van der Waals surface area contributed by atoms with Crippen LogP contribution < -0.4 is 5.43 Å². The maximum absolute atomic E-state index is 10.8. The Bertz CT molecular complexity index is 906. The van der Waals surface area contributed by atoms with E-state index in [0.29, 0.717) is 17.2 Å². The first-order chi connectivity index (χ1) is 11.1. The smallest absolute Gasteiger partial charge is 0.269 e. The van der Waals surface area contributed by atoms with Gasteiger partial charge in [0.2, 0.25) is 0 Å². The van der Waals surface area contributed by atoms with Gasteiger partial charge in [-0.2, -0.15) is 0 Å². The van der Waals surface area contributed by atoms with Crippen LogP contribution in [0.2, 0.25) is 0 Å². The summed E-state index contributed by atoms with van der Waals surface area (Å²) in [5.74, 6) is 1.21. The molecule has 0 saturated carbocycles. The van der Waals surface area contributed by atoms with Crippen LogP contribution in [0.15, 0.2) is 48.5 Å². The molecule has 0 aliphatic carbocycles. The molecular formula is C15H10ClN5O2. The first-order valence-electron chi connectivity index (χ1n) is 6.85. The maximum atomic E-state index is 10.8. The third-order valence-electron chi connectivity index (χ3n) is 3.72. The van der Waals surface area contributed by atoms with E-state index in [2.05, 4.69) is 15.6 Å². The number of rotatable bonds is 2. The van der Waals surface area contributed by atoms with E-state index in [1.807, 2.05) is 24.3 Å². The van der Waals surface area contributed by atoms with Gasteiger partial charge in [-0.1, -0.05) is 35.9 Å². The molecule has 3 aromatic rings. The minimum Gasteiger partial charge on any atom is -0.300 e. The number of alkyl halides is 1. The van der Waals surface area contributed by atoms with Crippen LogP contribution in [0.5, 0.6) is 0 Å². The lowest BCUT2D eigenvalue weighted by atomic mass is 10.1. The average Bonchev–Trinajstić information content (AvgIpc) is 2.99. The Labute approximate surface area is 135 Å². The Morgan fingerprint density at radius 1 is 1.09 bits per heavy atom. The molecule has 0 saturated heterocycles. The highest BCUT2D eigenvalue weighted by atomic mass is 35.5. The quantitative estimate of drug-likeness (QED) is 0.338. The van der Waals surface area contributed by atoms with E-state index in [0.717, 1.165) is 11.1 Å². The Kier molecular flexibility index (Phi) is 3.02. The van der Waals surface area contributed by atoms with Crippen molar-refractivity contribution in [3.63, 3.8) is 0 Å². The van der Waals surface area contributed by atoms with Gasteiger partial charge in [0.05, 0.1) is 4.92 Å². The first kappa shape index (κ1) is 13.7. The highest BCUT2D eigenvalue weighted by molar-refractivity contribution is 6.22. The number of hydrogen-bond acceptors (Lipinski definition) is 5. The summed E-state index contributed by atoms with van der Waals surface area (Å²) in [4.78, 5) is 10.3. The summed E-state index contributed by atoms with van der Waals surface area (Å²) < 4.78 is 1.71. The van der Waals surface area contributed by atoms with Crippen molar-refractivity contribution in [2.75, 3.05) is 5.43 Å². The van der Waals surface area contributed by atoms with Crippen molar-refractivity contribution in [1.82, 2.24) is 14.9 Å². The lowest BCUT2D eigenvalue weighted by Gasteiger charge is -2.24. The number of nitrogens with one attached hydrogen (secondary N) is 1. The molecule has 1 aromatic heterocycles. The molecule has 0 amide bonds. The Hall–Kier alpha value is -2.93. The molecule has 1 unspecified atom stereocenters. The lowest BCUT2D eigenvalue weighted by Crippen LogP contribution is -2.24. The summed E-state index contributed by atoms with van der Waals surface area (Å²) in [6, 6.07) is 13.9. The zero-order chi connectivity index (χ0) is 16.0. The fourth-order valence-electron chi connectivity index (χ4n) is 2.60. The van der Waals surface area contributed by atoms with Crippen molar-refractivity contribution in [2.24, 2.45) is 0 Å². The van der Waals surface area contributed by atoms with E-state index in [1.54, 1.807) is 16.8 Å². The van der Waals surface area contributed by atoms with E-state index in [9.17, 15) is 10.1 Å². The SMILES string of the molecule is O=[N+]([O-])c1ccc(-c2nnc3n2NC(Cl)c2ccccc2-3)cc1. The van der Waals surface area contributed by atoms with Crippen LogP contribution in [0.3, 0.4) is 0 Å². The van der Waals surface area contributed by atoms with Gasteiger partial charge in [0.25, 0.3) is 5.69 Å². The predicted octanol–water partition coefficient (Wildman–Crippen LogP) is 3.31. The molecule has 0 radical (unpaired) electrons. The largest absolute Gasteiger partial charge is 0.300 e. The molecule has 0 spiro atoms. The van der Waals surface area contributed by atoms with E-state index in [4.69, 9.17) is 11.6 Å². The Morgan fingerprint density at radius 3 is 2.52 bits per heavy atom. The zero-order valence-electron chi connectivity index (χ0n) is 11.7. The highest BCUT2D eigenvalue weighted by Gasteiger charge is 2.26. The molecule has 114 valence electrons. The summed E-state index contributed by atoms with van der Waals surface area (Å²) in [7, 11) is 0. The zero-order valence-corrected chi connectivity index (χ0v) is 12.4. The van der Waals surface area contributed by atoms with Gasteiger partial charge >= 0.3 is 0 Å². The maximum Gasteiger partial charge on any atom is 0.269 e. The van der Waals surface area contributed by atoms with E-state index < -0.39 is 10.4 Å². The van der Waals surface area contributed by atoms with Crippen LogP contribution in [0.25, 0.3) is 22.8 Å². The van der Waals surface area contributed by atoms with Crippen LogP contribution in [-0.2, 0) is 0 Å². The summed E-state index contributed by atoms with van der Waals surface area (Å²) in [5, 5.41) is 19.2. The van der Waals surface area contributed by atoms with Gasteiger partial charge in [-0.05, 0) is 12.1 Å². The molecule has 4 rings (SSSR count). The monoisotopic (exact) mass is 327 g/mol. The third-order valence-corrected chi connectivity index (χ3v) is 4.05. The lowest BCUT2D eigenvalue weighted by molar-refractivity contribution is -0.384. The third kappa shape index (κ3) is 2.13. The molecule has 1 N–H and O–H groups in total. The Morgan fingerprint density at radius 2 is 1.78 bits per heavy atom. The number of nitrogens with zero attached hydrogens (tertiary/aromatic N) is 4. The molecule has 0 bridgehead atoms. The van der Waals surface area contributed by atoms with Crippen LogP contribution in [0, 0.1) is 10.1 Å². The molecule has 1 atom stereocenters. The number of nitro benzene ring substituents is 1. The fourth-order valence-corrected chi connectivity index (χ4v) is 2.89. The first-order valence-corrected chi connectivity index (χ1v) is 7.29. The molecule has 2 aromatic carbocycles. The summed E-state index contributed by atoms with van der Waals surface area (Å²) in [6.45, 7) is 0. The van der Waals surface area contributed by atoms with E-state index in [1.165, 1.54) is 12.1 Å². The van der Waals surface area contributed by atoms with Gasteiger partial charge in [0, 0.05) is 28.8 Å². The minimum atomic E-state index is -0.438. The van der Waals surface area contributed by atoms with E-state index >= 15 is 0 Å². The average molecular weight is 328 g/mol. The molecule has 7 nitrogen and oxygen atoms in total. The van der Waals surface area contributed by atoms with Gasteiger partial charge in [0.1, 0.15) is 5.50 Å². The number of halogens is 1. The molecule has 1 aliphatic heterocycles. The fraction of sp³-hybridized carbons (Fsp3) is 0.0667. The van der Waals surface area contributed by atoms with E-state index in [-0.39, 0.29) is 5.69 Å². The molecule has 8 heteroatoms. The van der Waals surface area contributed by atoms with Crippen LogP contribution in [0.4, 0.5) is 5.69 Å². The standard InChI is InChI=1S/C15H10ClN5O2/c16-13-11-3-1-2-4-12(11)15-18-17-14(20(15)19-13)9-5-7-10(8-6-9)21(22)23/h1-8,13,19H. The highest BCUT2D eigenvalue weighted by Crippen LogP contribution is 2.36. The topological polar surface area (TPSA) is 85.9 Å². The molecular weight excluding hydrogens is 318 g/mol. The number of hydrogen-bond donors (Lipinski definition) is 1. The van der Waals surface area contributed by atoms with Gasteiger partial charge in [0.15, 0.2) is 11.6 Å². The number of nitro groups is 1. The number of fused-ring (bicyclic) bond motifs is 3. The number of non-ortho nitro benzene ring substituents is 1. The molecule has 23 heavy (non-hydrogen) atoms. The minimum absolute atomic E-state index is 0.0284. The van der Waals surface area contributed by atoms with Crippen LogP contribution in [-0.4, -0.2) is 19.8 Å². The number of benzene rings is 2. The second kappa shape index (κ2) is 5.06. The van der Waals surface area contributed by atoms with Crippen molar-refractivity contribution in [3.05, 3.63) is 64.2 Å². The van der Waals surface area contributed by atoms with Crippen molar-refractivity contribution >= 4 is 17.3 Å². The van der Waals surface area contributed by atoms with Crippen molar-refractivity contribution in [3.8, 4) is 22.8 Å².